The molecule has 0 aliphatic rings. The zero-order valence-electron chi connectivity index (χ0n) is 6.10. The van der Waals surface area contributed by atoms with Crippen molar-refractivity contribution in [3.63, 3.8) is 0 Å². The van der Waals surface area contributed by atoms with E-state index in [1.165, 1.54) is 0 Å². The average molecular weight is 158 g/mol. The summed E-state index contributed by atoms with van der Waals surface area (Å²) in [6.07, 6.45) is 5.36. The van der Waals surface area contributed by atoms with Crippen LogP contribution in [-0.2, 0) is 0 Å². The third-order valence-electron chi connectivity index (χ3n) is 1.07. The van der Waals surface area contributed by atoms with Gasteiger partial charge >= 0.3 is 0 Å². The molecule has 2 heteroatoms. The molecule has 10 heavy (non-hydrogen) atoms. The highest BCUT2D eigenvalue weighted by Gasteiger charge is 1.92. The van der Waals surface area contributed by atoms with Crippen LogP contribution in [0.5, 0.6) is 0 Å². The minimum atomic E-state index is 0.454. The molecule has 0 atom stereocenters. The summed E-state index contributed by atoms with van der Waals surface area (Å²) in [7, 11) is 0. The Morgan fingerprint density at radius 3 is 2.60 bits per heavy atom. The number of nitrogens with two attached hydrogens (primary N) is 1. The third-order valence-corrected chi connectivity index (χ3v) is 1.47. The van der Waals surface area contributed by atoms with Gasteiger partial charge in [-0.1, -0.05) is 36.4 Å². The van der Waals surface area contributed by atoms with Crippen molar-refractivity contribution in [2.75, 3.05) is 6.54 Å². The Hall–Kier alpha value is -0.530. The largest absolute Gasteiger partial charge is 0.326 e. The lowest BCUT2D eigenvalue weighted by atomic mass is 10.2. The van der Waals surface area contributed by atoms with E-state index in [1.807, 2.05) is 19.1 Å². The van der Waals surface area contributed by atoms with Crippen molar-refractivity contribution in [3.8, 4) is 0 Å². The van der Waals surface area contributed by atoms with Crippen LogP contribution >= 0.6 is 11.6 Å². The molecule has 0 rings (SSSR count). The maximum atomic E-state index is 5.74. The quantitative estimate of drug-likeness (QED) is 0.625. The van der Waals surface area contributed by atoms with Gasteiger partial charge in [-0.25, -0.2) is 0 Å². The van der Waals surface area contributed by atoms with Gasteiger partial charge in [-0.3, -0.25) is 0 Å². The Labute approximate surface area is 66.9 Å². The van der Waals surface area contributed by atoms with E-state index in [0.717, 1.165) is 5.57 Å². The maximum absolute atomic E-state index is 5.74. The number of hydrogen-bond donors (Lipinski definition) is 1. The van der Waals surface area contributed by atoms with E-state index in [-0.39, 0.29) is 0 Å². The molecule has 0 aromatic carbocycles. The van der Waals surface area contributed by atoms with Gasteiger partial charge < -0.3 is 5.73 Å². The SMILES string of the molecule is C=C/C(Cl)=C(\C=C/C)CN. The van der Waals surface area contributed by atoms with E-state index in [4.69, 9.17) is 17.3 Å². The summed E-state index contributed by atoms with van der Waals surface area (Å²) >= 11 is 5.74. The molecule has 0 saturated carbocycles. The number of halogens is 1. The van der Waals surface area contributed by atoms with Crippen molar-refractivity contribution in [3.05, 3.63) is 35.4 Å². The molecule has 0 spiro atoms. The zero-order chi connectivity index (χ0) is 7.98. The molecule has 0 saturated heterocycles. The lowest BCUT2D eigenvalue weighted by molar-refractivity contribution is 1.18. The van der Waals surface area contributed by atoms with E-state index < -0.39 is 0 Å². The lowest BCUT2D eigenvalue weighted by Crippen LogP contribution is -2.01. The van der Waals surface area contributed by atoms with E-state index in [9.17, 15) is 0 Å². The number of hydrogen-bond acceptors (Lipinski definition) is 1. The van der Waals surface area contributed by atoms with Crippen LogP contribution < -0.4 is 5.73 Å². The first-order valence-corrected chi connectivity index (χ1v) is 3.48. The summed E-state index contributed by atoms with van der Waals surface area (Å²) in [4.78, 5) is 0. The molecule has 0 aromatic rings. The van der Waals surface area contributed by atoms with Crippen LogP contribution in [0.3, 0.4) is 0 Å². The Morgan fingerprint density at radius 1 is 1.70 bits per heavy atom. The topological polar surface area (TPSA) is 26.0 Å². The minimum Gasteiger partial charge on any atom is -0.326 e. The predicted molar refractivity (Wildman–Crippen MR) is 46.9 cm³/mol. The van der Waals surface area contributed by atoms with Crippen molar-refractivity contribution >= 4 is 11.6 Å². The van der Waals surface area contributed by atoms with Crippen LogP contribution in [0.4, 0.5) is 0 Å². The molecule has 0 aliphatic heterocycles. The van der Waals surface area contributed by atoms with Gasteiger partial charge in [-0.15, -0.1) is 0 Å². The average Bonchev–Trinajstić information content (AvgIpc) is 1.99. The molecule has 0 bridgehead atoms. The fourth-order valence-corrected chi connectivity index (χ4v) is 0.718. The van der Waals surface area contributed by atoms with Gasteiger partial charge in [0.05, 0.1) is 0 Å². The minimum absolute atomic E-state index is 0.454. The second-order valence-electron chi connectivity index (χ2n) is 1.78. The van der Waals surface area contributed by atoms with Crippen molar-refractivity contribution in [1.82, 2.24) is 0 Å². The molecule has 0 aromatic heterocycles. The first-order chi connectivity index (χ1) is 4.76. The Balaban J connectivity index is 4.44. The van der Waals surface area contributed by atoms with Crippen LogP contribution in [0.1, 0.15) is 6.92 Å². The molecule has 2 N–H and O–H groups in total. The number of allylic oxidation sites excluding steroid dienone is 3. The second-order valence-corrected chi connectivity index (χ2v) is 2.19. The predicted octanol–water partition coefficient (Wildman–Crippen LogP) is 2.20. The van der Waals surface area contributed by atoms with Gasteiger partial charge in [0.1, 0.15) is 0 Å². The first kappa shape index (κ1) is 9.47. The van der Waals surface area contributed by atoms with Gasteiger partial charge in [-0.05, 0) is 12.5 Å². The first-order valence-electron chi connectivity index (χ1n) is 3.10. The molecule has 0 fully saturated rings. The van der Waals surface area contributed by atoms with Crippen LogP contribution in [0.2, 0.25) is 0 Å². The van der Waals surface area contributed by atoms with Gasteiger partial charge in [0.25, 0.3) is 0 Å². The summed E-state index contributed by atoms with van der Waals surface area (Å²) in [5, 5.41) is 0.626. The molecule has 0 aliphatic carbocycles. The van der Waals surface area contributed by atoms with E-state index in [0.29, 0.717) is 11.6 Å². The highest BCUT2D eigenvalue weighted by molar-refractivity contribution is 6.31. The van der Waals surface area contributed by atoms with E-state index >= 15 is 0 Å². The summed E-state index contributed by atoms with van der Waals surface area (Å²) in [5.74, 6) is 0. The highest BCUT2D eigenvalue weighted by Crippen LogP contribution is 2.10. The zero-order valence-corrected chi connectivity index (χ0v) is 6.86. The molecular weight excluding hydrogens is 146 g/mol. The lowest BCUT2D eigenvalue weighted by Gasteiger charge is -1.97. The molecule has 1 nitrogen and oxygen atoms in total. The Morgan fingerprint density at radius 2 is 2.30 bits per heavy atom. The summed E-state index contributed by atoms with van der Waals surface area (Å²) < 4.78 is 0. The van der Waals surface area contributed by atoms with Crippen molar-refractivity contribution < 1.29 is 0 Å². The summed E-state index contributed by atoms with van der Waals surface area (Å²) in [5.41, 5.74) is 6.31. The van der Waals surface area contributed by atoms with E-state index in [2.05, 4.69) is 6.58 Å². The van der Waals surface area contributed by atoms with E-state index in [1.54, 1.807) is 6.08 Å². The second kappa shape index (κ2) is 5.27. The van der Waals surface area contributed by atoms with Crippen LogP contribution in [0.15, 0.2) is 35.4 Å². The fourth-order valence-electron chi connectivity index (χ4n) is 0.577. The molecule has 0 amide bonds. The standard InChI is InChI=1S/C8H12ClN/c1-3-5-7(6-10)8(9)4-2/h3-5H,2,6,10H2,1H3/b5-3-,8-7-. The molecule has 0 radical (unpaired) electrons. The number of rotatable bonds is 3. The van der Waals surface area contributed by atoms with Crippen molar-refractivity contribution in [2.24, 2.45) is 5.73 Å². The molecule has 0 unspecified atom stereocenters. The highest BCUT2D eigenvalue weighted by atomic mass is 35.5. The molecular formula is C8H12ClN. The smallest absolute Gasteiger partial charge is 0.0444 e. The van der Waals surface area contributed by atoms with Gasteiger partial charge in [0, 0.05) is 11.6 Å². The Bertz CT molecular complexity index is 168. The summed E-state index contributed by atoms with van der Waals surface area (Å²) in [6, 6.07) is 0. The molecule has 56 valence electrons. The van der Waals surface area contributed by atoms with Crippen LogP contribution in [0, 0.1) is 0 Å². The van der Waals surface area contributed by atoms with Gasteiger partial charge in [-0.2, -0.15) is 0 Å². The van der Waals surface area contributed by atoms with Crippen LogP contribution in [0.25, 0.3) is 0 Å². The third kappa shape index (κ3) is 2.85. The normalized spacial score (nSPS) is 13.5. The summed E-state index contributed by atoms with van der Waals surface area (Å²) in [6.45, 7) is 5.91. The maximum Gasteiger partial charge on any atom is 0.0444 e. The van der Waals surface area contributed by atoms with Gasteiger partial charge in [0.15, 0.2) is 0 Å². The van der Waals surface area contributed by atoms with Gasteiger partial charge in [0.2, 0.25) is 0 Å². The molecule has 0 heterocycles. The monoisotopic (exact) mass is 157 g/mol. The van der Waals surface area contributed by atoms with Crippen LogP contribution in [-0.4, -0.2) is 6.54 Å². The fraction of sp³-hybridized carbons (Fsp3) is 0.250. The Kier molecular flexibility index (Phi) is 4.99. The van der Waals surface area contributed by atoms with Crippen molar-refractivity contribution in [2.45, 2.75) is 6.92 Å². The van der Waals surface area contributed by atoms with Crippen molar-refractivity contribution in [1.29, 1.82) is 0 Å².